The molecule has 4 heteroatoms. The average molecular weight is 198 g/mol. The molecule has 0 amide bonds. The molecule has 0 aromatic heterocycles. The van der Waals surface area contributed by atoms with E-state index in [0.29, 0.717) is 10.9 Å². The molecule has 0 spiro atoms. The molecule has 3 N–H and O–H groups in total. The number of benzene rings is 1. The fourth-order valence-electron chi connectivity index (χ4n) is 1.15. The Morgan fingerprint density at radius 1 is 1.46 bits per heavy atom. The average Bonchev–Trinajstić information content (AvgIpc) is 1.99. The highest BCUT2D eigenvalue weighted by Gasteiger charge is 2.18. The third-order valence-corrected chi connectivity index (χ3v) is 3.30. The van der Waals surface area contributed by atoms with E-state index >= 15 is 0 Å². The molecule has 0 bridgehead atoms. The van der Waals surface area contributed by atoms with Crippen molar-refractivity contribution >= 4 is 17.4 Å². The summed E-state index contributed by atoms with van der Waals surface area (Å²) >= 11 is 1.71. The summed E-state index contributed by atoms with van der Waals surface area (Å²) < 4.78 is 12.7. The molecule has 1 aromatic rings. The monoisotopic (exact) mass is 198 g/mol. The van der Waals surface area contributed by atoms with E-state index in [1.165, 1.54) is 12.1 Å². The number of hydrogen-bond acceptors (Lipinski definition) is 3. The Bertz CT molecular complexity index is 312. The van der Waals surface area contributed by atoms with Crippen LogP contribution in [0.15, 0.2) is 23.1 Å². The molecule has 0 radical (unpaired) electrons. The van der Waals surface area contributed by atoms with Crippen molar-refractivity contribution < 1.29 is 4.39 Å². The summed E-state index contributed by atoms with van der Waals surface area (Å²) in [4.78, 5) is 0.980. The van der Waals surface area contributed by atoms with Crippen molar-refractivity contribution in [3.8, 4) is 0 Å². The van der Waals surface area contributed by atoms with E-state index in [2.05, 4.69) is 5.32 Å². The third-order valence-electron chi connectivity index (χ3n) is 2.01. The van der Waals surface area contributed by atoms with Gasteiger partial charge in [0.25, 0.3) is 0 Å². The molecule has 13 heavy (non-hydrogen) atoms. The lowest BCUT2D eigenvalue weighted by molar-refractivity contribution is 0.544. The van der Waals surface area contributed by atoms with E-state index < -0.39 is 0 Å². The van der Waals surface area contributed by atoms with Gasteiger partial charge in [-0.3, -0.25) is 0 Å². The van der Waals surface area contributed by atoms with Gasteiger partial charge >= 0.3 is 0 Å². The lowest BCUT2D eigenvalue weighted by Crippen LogP contribution is -2.44. The van der Waals surface area contributed by atoms with E-state index in [-0.39, 0.29) is 5.82 Å². The largest absolute Gasteiger partial charge is 0.398 e. The molecule has 70 valence electrons. The van der Waals surface area contributed by atoms with Gasteiger partial charge in [0.15, 0.2) is 0 Å². The van der Waals surface area contributed by atoms with Crippen molar-refractivity contribution in [3.63, 3.8) is 0 Å². The smallest absolute Gasteiger partial charge is 0.125 e. The van der Waals surface area contributed by atoms with Crippen molar-refractivity contribution in [2.75, 3.05) is 18.8 Å². The van der Waals surface area contributed by atoms with E-state index in [1.807, 2.05) is 0 Å². The molecular formula is C9H11FN2S. The second kappa shape index (κ2) is 3.55. The van der Waals surface area contributed by atoms with Crippen LogP contribution >= 0.6 is 11.8 Å². The van der Waals surface area contributed by atoms with Gasteiger partial charge in [-0.1, -0.05) is 0 Å². The Labute approximate surface area is 80.7 Å². The van der Waals surface area contributed by atoms with Crippen LogP contribution in [0.5, 0.6) is 0 Å². The first-order valence-electron chi connectivity index (χ1n) is 4.18. The standard InChI is InChI=1S/C9H11FN2S/c10-6-1-2-9(8(11)3-6)13-7-4-12-5-7/h1-3,7,12H,4-5,11H2. The minimum Gasteiger partial charge on any atom is -0.398 e. The predicted molar refractivity (Wildman–Crippen MR) is 53.3 cm³/mol. The molecule has 0 saturated carbocycles. The molecule has 1 aromatic carbocycles. The van der Waals surface area contributed by atoms with Crippen LogP contribution in [-0.4, -0.2) is 18.3 Å². The van der Waals surface area contributed by atoms with Crippen LogP contribution in [0.2, 0.25) is 0 Å². The SMILES string of the molecule is Nc1cc(F)ccc1SC1CNC1. The van der Waals surface area contributed by atoms with Gasteiger partial charge in [0.2, 0.25) is 0 Å². The molecule has 0 aliphatic carbocycles. The second-order valence-electron chi connectivity index (χ2n) is 3.08. The Balaban J connectivity index is 2.10. The van der Waals surface area contributed by atoms with Crippen LogP contribution in [-0.2, 0) is 0 Å². The topological polar surface area (TPSA) is 38.0 Å². The number of halogens is 1. The van der Waals surface area contributed by atoms with E-state index in [4.69, 9.17) is 5.73 Å². The molecule has 1 heterocycles. The first kappa shape index (κ1) is 8.84. The predicted octanol–water partition coefficient (Wildman–Crippen LogP) is 1.47. The van der Waals surface area contributed by atoms with Crippen LogP contribution in [0.25, 0.3) is 0 Å². The Morgan fingerprint density at radius 3 is 2.77 bits per heavy atom. The maximum Gasteiger partial charge on any atom is 0.125 e. The zero-order valence-electron chi connectivity index (χ0n) is 7.09. The van der Waals surface area contributed by atoms with Crippen molar-refractivity contribution in [2.45, 2.75) is 10.1 Å². The van der Waals surface area contributed by atoms with Crippen molar-refractivity contribution in [2.24, 2.45) is 0 Å². The number of anilines is 1. The van der Waals surface area contributed by atoms with Crippen LogP contribution < -0.4 is 11.1 Å². The van der Waals surface area contributed by atoms with Crippen molar-refractivity contribution in [1.29, 1.82) is 0 Å². The summed E-state index contributed by atoms with van der Waals surface area (Å²) in [5.41, 5.74) is 6.21. The van der Waals surface area contributed by atoms with Gasteiger partial charge in [-0.05, 0) is 18.2 Å². The number of nitrogen functional groups attached to an aromatic ring is 1. The summed E-state index contributed by atoms with van der Waals surface area (Å²) in [7, 11) is 0. The molecule has 1 aliphatic heterocycles. The van der Waals surface area contributed by atoms with Gasteiger partial charge in [-0.25, -0.2) is 4.39 Å². The number of nitrogens with two attached hydrogens (primary N) is 1. The quantitative estimate of drug-likeness (QED) is 0.707. The van der Waals surface area contributed by atoms with Crippen molar-refractivity contribution in [1.82, 2.24) is 5.32 Å². The van der Waals surface area contributed by atoms with Crippen LogP contribution in [0.1, 0.15) is 0 Å². The van der Waals surface area contributed by atoms with Crippen LogP contribution in [0, 0.1) is 5.82 Å². The number of hydrogen-bond donors (Lipinski definition) is 2. The zero-order valence-corrected chi connectivity index (χ0v) is 7.90. The van der Waals surface area contributed by atoms with Gasteiger partial charge in [0.1, 0.15) is 5.82 Å². The summed E-state index contributed by atoms with van der Waals surface area (Å²) in [6, 6.07) is 4.56. The van der Waals surface area contributed by atoms with Crippen molar-refractivity contribution in [3.05, 3.63) is 24.0 Å². The minimum atomic E-state index is -0.270. The maximum absolute atomic E-state index is 12.7. The normalized spacial score (nSPS) is 17.0. The summed E-state index contributed by atoms with van der Waals surface area (Å²) in [5, 5.41) is 3.77. The number of rotatable bonds is 2. The fourth-order valence-corrected chi connectivity index (χ4v) is 2.25. The number of nitrogens with one attached hydrogen (secondary N) is 1. The molecule has 0 unspecified atom stereocenters. The first-order valence-corrected chi connectivity index (χ1v) is 5.06. The molecule has 1 fully saturated rings. The van der Waals surface area contributed by atoms with Gasteiger partial charge < -0.3 is 11.1 Å². The van der Waals surface area contributed by atoms with Gasteiger partial charge in [-0.15, -0.1) is 11.8 Å². The highest BCUT2D eigenvalue weighted by molar-refractivity contribution is 8.00. The highest BCUT2D eigenvalue weighted by Crippen LogP contribution is 2.30. The van der Waals surface area contributed by atoms with E-state index in [1.54, 1.807) is 17.8 Å². The molecular weight excluding hydrogens is 187 g/mol. The molecule has 1 aliphatic rings. The summed E-state index contributed by atoms with van der Waals surface area (Å²) in [6.07, 6.45) is 0. The fraction of sp³-hybridized carbons (Fsp3) is 0.333. The summed E-state index contributed by atoms with van der Waals surface area (Å²) in [6.45, 7) is 2.03. The summed E-state index contributed by atoms with van der Waals surface area (Å²) in [5.74, 6) is -0.270. The maximum atomic E-state index is 12.7. The molecule has 1 saturated heterocycles. The van der Waals surface area contributed by atoms with Crippen LogP contribution in [0.4, 0.5) is 10.1 Å². The second-order valence-corrected chi connectivity index (χ2v) is 4.42. The molecule has 0 atom stereocenters. The van der Waals surface area contributed by atoms with Gasteiger partial charge in [0, 0.05) is 28.9 Å². The number of thioether (sulfide) groups is 1. The van der Waals surface area contributed by atoms with Gasteiger partial charge in [0.05, 0.1) is 0 Å². The minimum absolute atomic E-state index is 0.270. The van der Waals surface area contributed by atoms with Gasteiger partial charge in [-0.2, -0.15) is 0 Å². The molecule has 2 nitrogen and oxygen atoms in total. The Hall–Kier alpha value is -0.740. The Morgan fingerprint density at radius 2 is 2.23 bits per heavy atom. The first-order chi connectivity index (χ1) is 6.25. The lowest BCUT2D eigenvalue weighted by Gasteiger charge is -2.26. The zero-order chi connectivity index (χ0) is 9.26. The third kappa shape index (κ3) is 1.95. The Kier molecular flexibility index (Phi) is 2.42. The van der Waals surface area contributed by atoms with E-state index in [0.717, 1.165) is 18.0 Å². The van der Waals surface area contributed by atoms with E-state index in [9.17, 15) is 4.39 Å². The van der Waals surface area contributed by atoms with Crippen LogP contribution in [0.3, 0.4) is 0 Å². The molecule has 2 rings (SSSR count). The highest BCUT2D eigenvalue weighted by atomic mass is 32.2. The lowest BCUT2D eigenvalue weighted by atomic mass is 10.3.